The number of nitrogens with zero attached hydrogens (tertiary/aromatic N) is 4. The number of hydrogen-bond acceptors (Lipinski definition) is 6. The highest BCUT2D eigenvalue weighted by Crippen LogP contribution is 2.29. The van der Waals surface area contributed by atoms with E-state index in [1.165, 1.54) is 4.68 Å². The van der Waals surface area contributed by atoms with Gasteiger partial charge in [0.25, 0.3) is 0 Å². The lowest BCUT2D eigenvalue weighted by Crippen LogP contribution is -2.25. The number of pyridine rings is 2. The van der Waals surface area contributed by atoms with Crippen LogP contribution in [0.4, 0.5) is 5.69 Å². The fourth-order valence-corrected chi connectivity index (χ4v) is 3.26. The molecule has 31 heavy (non-hydrogen) atoms. The number of rotatable bonds is 6. The molecule has 0 bridgehead atoms. The molecule has 1 aromatic carbocycles. The van der Waals surface area contributed by atoms with Crippen molar-refractivity contribution >= 4 is 5.69 Å². The summed E-state index contributed by atoms with van der Waals surface area (Å²) in [5.74, 6) is 6.63. The summed E-state index contributed by atoms with van der Waals surface area (Å²) < 4.78 is 1.26. The van der Waals surface area contributed by atoms with Crippen molar-refractivity contribution in [3.05, 3.63) is 83.4 Å². The summed E-state index contributed by atoms with van der Waals surface area (Å²) in [6, 6.07) is 19.2. The van der Waals surface area contributed by atoms with E-state index in [4.69, 9.17) is 21.5 Å². The largest absolute Gasteiger partial charge is 0.378 e. The Bertz CT molecular complexity index is 1310. The van der Waals surface area contributed by atoms with Crippen LogP contribution in [-0.2, 0) is 13.0 Å². The molecule has 5 N–H and O–H groups in total. The van der Waals surface area contributed by atoms with Crippen molar-refractivity contribution in [2.45, 2.75) is 19.9 Å². The van der Waals surface area contributed by atoms with Crippen molar-refractivity contribution in [3.63, 3.8) is 0 Å². The monoisotopic (exact) mass is 410 g/mol. The van der Waals surface area contributed by atoms with E-state index in [-0.39, 0.29) is 5.49 Å². The molecule has 0 unspecified atom stereocenters. The Labute approximate surface area is 179 Å². The molecule has 0 fully saturated rings. The standard InChI is InChI=1S/C23H22N8/c1-15-3-2-4-19(28-15)23-22(17-7-10-20(25)31(26)14-17)29-21(30-23)13-27-18-8-5-16(6-9-18)11-12-24/h2-10,14,25,27H,11,13,26H2,1H3,(H,29,30). The van der Waals surface area contributed by atoms with Crippen LogP contribution in [0.1, 0.15) is 17.1 Å². The van der Waals surface area contributed by atoms with Gasteiger partial charge in [0.2, 0.25) is 0 Å². The van der Waals surface area contributed by atoms with Crippen LogP contribution < -0.4 is 16.6 Å². The highest BCUT2D eigenvalue weighted by molar-refractivity contribution is 5.76. The molecular weight excluding hydrogens is 388 g/mol. The minimum absolute atomic E-state index is 0.205. The van der Waals surface area contributed by atoms with Crippen LogP contribution in [0.15, 0.2) is 60.8 Å². The highest BCUT2D eigenvalue weighted by atomic mass is 15.3. The average Bonchev–Trinajstić information content (AvgIpc) is 3.20. The zero-order valence-electron chi connectivity index (χ0n) is 17.1. The maximum atomic E-state index is 8.80. The zero-order valence-corrected chi connectivity index (χ0v) is 17.1. The fraction of sp³-hybridized carbons (Fsp3) is 0.130. The molecule has 0 aliphatic rings. The number of nitriles is 1. The van der Waals surface area contributed by atoms with Gasteiger partial charge in [0.1, 0.15) is 11.3 Å². The first kappa shape index (κ1) is 19.9. The predicted molar refractivity (Wildman–Crippen MR) is 119 cm³/mol. The number of anilines is 1. The third-order valence-corrected chi connectivity index (χ3v) is 4.84. The molecule has 4 aromatic rings. The number of nitrogen functional groups attached to an aromatic ring is 1. The van der Waals surface area contributed by atoms with Crippen molar-refractivity contribution < 1.29 is 0 Å². The Balaban J connectivity index is 1.66. The van der Waals surface area contributed by atoms with E-state index in [1.54, 1.807) is 12.3 Å². The van der Waals surface area contributed by atoms with Gasteiger partial charge < -0.3 is 16.1 Å². The number of aromatic amines is 1. The Kier molecular flexibility index (Phi) is 5.49. The van der Waals surface area contributed by atoms with E-state index < -0.39 is 0 Å². The van der Waals surface area contributed by atoms with Crippen LogP contribution in [-0.4, -0.2) is 19.6 Å². The van der Waals surface area contributed by atoms with E-state index in [2.05, 4.69) is 21.4 Å². The molecule has 3 heterocycles. The lowest BCUT2D eigenvalue weighted by atomic mass is 10.1. The summed E-state index contributed by atoms with van der Waals surface area (Å²) in [5.41, 5.74) is 6.12. The first-order chi connectivity index (χ1) is 15.0. The maximum absolute atomic E-state index is 8.80. The van der Waals surface area contributed by atoms with Crippen molar-refractivity contribution in [2.75, 3.05) is 11.2 Å². The van der Waals surface area contributed by atoms with Gasteiger partial charge in [0, 0.05) is 23.1 Å². The minimum Gasteiger partial charge on any atom is -0.378 e. The number of hydrogen-bond donors (Lipinski definition) is 4. The smallest absolute Gasteiger partial charge is 0.143 e. The summed E-state index contributed by atoms with van der Waals surface area (Å²) in [6.07, 6.45) is 2.08. The third-order valence-electron chi connectivity index (χ3n) is 4.84. The lowest BCUT2D eigenvalue weighted by molar-refractivity contribution is 0.881. The second-order valence-electron chi connectivity index (χ2n) is 7.17. The van der Waals surface area contributed by atoms with E-state index in [9.17, 15) is 0 Å². The van der Waals surface area contributed by atoms with E-state index >= 15 is 0 Å². The average molecular weight is 410 g/mol. The highest BCUT2D eigenvalue weighted by Gasteiger charge is 2.16. The zero-order chi connectivity index (χ0) is 21.8. The topological polar surface area (TPSA) is 132 Å². The predicted octanol–water partition coefficient (Wildman–Crippen LogP) is 3.12. The Hall–Kier alpha value is -4.38. The van der Waals surface area contributed by atoms with Gasteiger partial charge in [-0.1, -0.05) is 18.2 Å². The van der Waals surface area contributed by atoms with E-state index in [1.807, 2.05) is 55.5 Å². The minimum atomic E-state index is 0.205. The van der Waals surface area contributed by atoms with Gasteiger partial charge in [-0.15, -0.1) is 0 Å². The summed E-state index contributed by atoms with van der Waals surface area (Å²) in [6.45, 7) is 2.43. The lowest BCUT2D eigenvalue weighted by Gasteiger charge is -2.05. The van der Waals surface area contributed by atoms with Crippen LogP contribution in [0.5, 0.6) is 0 Å². The number of nitrogens with one attached hydrogen (secondary N) is 3. The van der Waals surface area contributed by atoms with Crippen LogP contribution in [0.2, 0.25) is 0 Å². The normalized spacial score (nSPS) is 10.6. The van der Waals surface area contributed by atoms with Crippen LogP contribution >= 0.6 is 0 Å². The second-order valence-corrected chi connectivity index (χ2v) is 7.17. The Morgan fingerprint density at radius 1 is 1.13 bits per heavy atom. The maximum Gasteiger partial charge on any atom is 0.143 e. The van der Waals surface area contributed by atoms with Crippen molar-refractivity contribution in [1.82, 2.24) is 19.6 Å². The van der Waals surface area contributed by atoms with Gasteiger partial charge in [-0.2, -0.15) is 5.26 Å². The molecular formula is C23H22N8. The molecule has 8 nitrogen and oxygen atoms in total. The van der Waals surface area contributed by atoms with Crippen molar-refractivity contribution in [2.24, 2.45) is 0 Å². The molecule has 3 aromatic heterocycles. The first-order valence-corrected chi connectivity index (χ1v) is 9.79. The van der Waals surface area contributed by atoms with Gasteiger partial charge in [-0.3, -0.25) is 15.1 Å². The number of benzene rings is 1. The van der Waals surface area contributed by atoms with Crippen LogP contribution in [0, 0.1) is 23.7 Å². The molecule has 0 spiro atoms. The molecule has 0 amide bonds. The Morgan fingerprint density at radius 2 is 1.94 bits per heavy atom. The quantitative estimate of drug-likeness (QED) is 0.363. The van der Waals surface area contributed by atoms with Gasteiger partial charge >= 0.3 is 0 Å². The van der Waals surface area contributed by atoms with E-state index in [0.717, 1.165) is 45.4 Å². The number of H-pyrrole nitrogens is 1. The molecule has 0 aliphatic carbocycles. The van der Waals surface area contributed by atoms with Gasteiger partial charge in [-0.05, 0) is 48.9 Å². The third kappa shape index (κ3) is 4.46. The molecule has 0 atom stereocenters. The fourth-order valence-electron chi connectivity index (χ4n) is 3.26. The Morgan fingerprint density at radius 3 is 2.65 bits per heavy atom. The second kappa shape index (κ2) is 8.55. The summed E-state index contributed by atoms with van der Waals surface area (Å²) in [4.78, 5) is 12.8. The number of aryl methyl sites for hydroxylation is 1. The summed E-state index contributed by atoms with van der Waals surface area (Å²) in [7, 11) is 0. The molecule has 0 aliphatic heterocycles. The number of imidazole rings is 1. The van der Waals surface area contributed by atoms with Gasteiger partial charge in [-0.25, -0.2) is 4.98 Å². The first-order valence-electron chi connectivity index (χ1n) is 9.79. The number of nitrogens with two attached hydrogens (primary N) is 1. The summed E-state index contributed by atoms with van der Waals surface area (Å²) in [5, 5.41) is 20.0. The molecule has 0 saturated heterocycles. The molecule has 154 valence electrons. The van der Waals surface area contributed by atoms with Crippen LogP contribution in [0.25, 0.3) is 22.6 Å². The summed E-state index contributed by atoms with van der Waals surface area (Å²) >= 11 is 0. The number of aromatic nitrogens is 4. The SMILES string of the molecule is Cc1cccc(-c2[nH]c(CNc3ccc(CC#N)cc3)nc2-c2ccc(=N)n(N)c2)n1. The van der Waals surface area contributed by atoms with Gasteiger partial charge in [0.05, 0.1) is 36.1 Å². The molecule has 0 radical (unpaired) electrons. The van der Waals surface area contributed by atoms with Crippen LogP contribution in [0.3, 0.4) is 0 Å². The molecule has 8 heteroatoms. The molecule has 4 rings (SSSR count). The van der Waals surface area contributed by atoms with Gasteiger partial charge in [0.15, 0.2) is 0 Å². The molecule has 0 saturated carbocycles. The van der Waals surface area contributed by atoms with Crippen molar-refractivity contribution in [1.29, 1.82) is 10.7 Å². The van der Waals surface area contributed by atoms with Crippen molar-refractivity contribution in [3.8, 4) is 28.7 Å². The van der Waals surface area contributed by atoms with E-state index in [0.29, 0.717) is 13.0 Å².